The van der Waals surface area contributed by atoms with E-state index < -0.39 is 22.1 Å². The van der Waals surface area contributed by atoms with E-state index in [-0.39, 0.29) is 17.2 Å². The minimum Gasteiger partial charge on any atom is -0.346 e. The van der Waals surface area contributed by atoms with E-state index in [1.807, 2.05) is 0 Å². The Morgan fingerprint density at radius 1 is 1.29 bits per heavy atom. The van der Waals surface area contributed by atoms with Crippen LogP contribution in [0.15, 0.2) is 41.4 Å². The zero-order valence-corrected chi connectivity index (χ0v) is 14.4. The van der Waals surface area contributed by atoms with Gasteiger partial charge in [0.2, 0.25) is 15.9 Å². The molecule has 2 heterocycles. The first-order chi connectivity index (χ1) is 11.4. The lowest BCUT2D eigenvalue weighted by Gasteiger charge is -2.32. The SMILES string of the molecule is Cc1ccccc1S(=O)(=O)N[C@@H]1CCC(=O)N[C@H]1c1ccnn1C. The molecule has 7 nitrogen and oxygen atoms in total. The van der Waals surface area contributed by atoms with E-state index in [0.717, 1.165) is 5.69 Å². The summed E-state index contributed by atoms with van der Waals surface area (Å²) in [6.07, 6.45) is 2.35. The zero-order chi connectivity index (χ0) is 17.3. The maximum absolute atomic E-state index is 12.8. The molecule has 1 aromatic carbocycles. The fourth-order valence-electron chi connectivity index (χ4n) is 3.02. The molecule has 2 aromatic rings. The van der Waals surface area contributed by atoms with Crippen LogP contribution in [0.5, 0.6) is 0 Å². The number of nitrogens with zero attached hydrogens (tertiary/aromatic N) is 2. The van der Waals surface area contributed by atoms with E-state index >= 15 is 0 Å². The number of sulfonamides is 1. The second-order valence-electron chi connectivity index (χ2n) is 5.96. The predicted octanol–water partition coefficient (Wildman–Crippen LogP) is 1.03. The lowest BCUT2D eigenvalue weighted by molar-refractivity contribution is -0.123. The number of aromatic nitrogens is 2. The van der Waals surface area contributed by atoms with Crippen LogP contribution in [0.1, 0.15) is 30.1 Å². The molecule has 2 atom stereocenters. The number of aryl methyl sites for hydroxylation is 2. The Labute approximate surface area is 141 Å². The Balaban J connectivity index is 1.91. The number of hydrogen-bond acceptors (Lipinski definition) is 4. The molecule has 3 rings (SSSR count). The zero-order valence-electron chi connectivity index (χ0n) is 13.6. The molecule has 24 heavy (non-hydrogen) atoms. The van der Waals surface area contributed by atoms with Crippen LogP contribution in [0.4, 0.5) is 0 Å². The van der Waals surface area contributed by atoms with E-state index in [2.05, 4.69) is 15.1 Å². The molecule has 1 saturated heterocycles. The smallest absolute Gasteiger partial charge is 0.241 e. The molecule has 2 N–H and O–H groups in total. The first kappa shape index (κ1) is 16.7. The third-order valence-corrected chi connectivity index (χ3v) is 5.92. The molecule has 0 saturated carbocycles. The Kier molecular flexibility index (Phi) is 4.42. The number of rotatable bonds is 4. The Hall–Kier alpha value is -2.19. The molecule has 1 aromatic heterocycles. The molecule has 8 heteroatoms. The van der Waals surface area contributed by atoms with E-state index in [1.165, 1.54) is 0 Å². The van der Waals surface area contributed by atoms with Crippen molar-refractivity contribution in [3.63, 3.8) is 0 Å². The van der Waals surface area contributed by atoms with Gasteiger partial charge in [0.1, 0.15) is 0 Å². The van der Waals surface area contributed by atoms with Gasteiger partial charge in [0.05, 0.1) is 16.6 Å². The van der Waals surface area contributed by atoms with E-state index in [9.17, 15) is 13.2 Å². The molecule has 0 unspecified atom stereocenters. The van der Waals surface area contributed by atoms with Gasteiger partial charge >= 0.3 is 0 Å². The van der Waals surface area contributed by atoms with Crippen molar-refractivity contribution < 1.29 is 13.2 Å². The molecule has 1 amide bonds. The highest BCUT2D eigenvalue weighted by molar-refractivity contribution is 7.89. The van der Waals surface area contributed by atoms with Gasteiger partial charge in [-0.2, -0.15) is 5.10 Å². The van der Waals surface area contributed by atoms with E-state index in [4.69, 9.17) is 0 Å². The van der Waals surface area contributed by atoms with Gasteiger partial charge in [-0.15, -0.1) is 0 Å². The summed E-state index contributed by atoms with van der Waals surface area (Å²) in [5.41, 5.74) is 1.45. The third kappa shape index (κ3) is 3.20. The van der Waals surface area contributed by atoms with Gasteiger partial charge in [0, 0.05) is 25.7 Å². The van der Waals surface area contributed by atoms with Crippen LogP contribution in [0.3, 0.4) is 0 Å². The van der Waals surface area contributed by atoms with Crippen molar-refractivity contribution in [1.29, 1.82) is 0 Å². The van der Waals surface area contributed by atoms with Crippen molar-refractivity contribution in [3.05, 3.63) is 47.8 Å². The van der Waals surface area contributed by atoms with Crippen LogP contribution in [0.25, 0.3) is 0 Å². The summed E-state index contributed by atoms with van der Waals surface area (Å²) in [7, 11) is -1.91. The van der Waals surface area contributed by atoms with E-state index in [0.29, 0.717) is 12.0 Å². The Morgan fingerprint density at radius 2 is 2.04 bits per heavy atom. The van der Waals surface area contributed by atoms with Crippen LogP contribution in [-0.2, 0) is 21.9 Å². The average molecular weight is 348 g/mol. The average Bonchev–Trinajstić information content (AvgIpc) is 2.95. The van der Waals surface area contributed by atoms with Gasteiger partial charge in [-0.3, -0.25) is 9.48 Å². The monoisotopic (exact) mass is 348 g/mol. The molecule has 1 aliphatic rings. The molecule has 0 spiro atoms. The molecular formula is C16H20N4O3S. The Morgan fingerprint density at radius 3 is 2.71 bits per heavy atom. The number of amides is 1. The number of carbonyl (C=O) groups is 1. The summed E-state index contributed by atoms with van der Waals surface area (Å²) >= 11 is 0. The Bertz CT molecular complexity index is 860. The van der Waals surface area contributed by atoms with Gasteiger partial charge < -0.3 is 5.32 Å². The first-order valence-electron chi connectivity index (χ1n) is 7.74. The maximum atomic E-state index is 12.8. The standard InChI is InChI=1S/C16H20N4O3S/c1-11-5-3-4-6-14(11)24(22,23)19-12-7-8-15(21)18-16(12)13-9-10-17-20(13)2/h3-6,9-10,12,16,19H,7-8H2,1-2H3,(H,18,21)/t12-,16-/m1/s1. The fourth-order valence-corrected chi connectivity index (χ4v) is 4.55. The molecular weight excluding hydrogens is 328 g/mol. The van der Waals surface area contributed by atoms with Gasteiger partial charge in [-0.25, -0.2) is 13.1 Å². The van der Waals surface area contributed by atoms with Crippen molar-refractivity contribution in [3.8, 4) is 0 Å². The van der Waals surface area contributed by atoms with Gasteiger partial charge in [-0.1, -0.05) is 18.2 Å². The lowest BCUT2D eigenvalue weighted by Crippen LogP contribution is -2.50. The van der Waals surface area contributed by atoms with Crippen molar-refractivity contribution in [1.82, 2.24) is 19.8 Å². The van der Waals surface area contributed by atoms with Crippen molar-refractivity contribution in [2.24, 2.45) is 7.05 Å². The summed E-state index contributed by atoms with van der Waals surface area (Å²) in [6, 6.07) is 7.75. The molecule has 0 radical (unpaired) electrons. The number of nitrogens with one attached hydrogen (secondary N) is 2. The molecule has 0 bridgehead atoms. The summed E-state index contributed by atoms with van der Waals surface area (Å²) in [5.74, 6) is -0.0902. The predicted molar refractivity (Wildman–Crippen MR) is 88.6 cm³/mol. The maximum Gasteiger partial charge on any atom is 0.241 e. The van der Waals surface area contributed by atoms with Gasteiger partial charge in [0.15, 0.2) is 0 Å². The van der Waals surface area contributed by atoms with Crippen molar-refractivity contribution >= 4 is 15.9 Å². The van der Waals surface area contributed by atoms with Gasteiger partial charge in [-0.05, 0) is 31.0 Å². The fraction of sp³-hybridized carbons (Fsp3) is 0.375. The van der Waals surface area contributed by atoms with Crippen LogP contribution in [0.2, 0.25) is 0 Å². The topological polar surface area (TPSA) is 93.1 Å². The summed E-state index contributed by atoms with van der Waals surface area (Å²) in [5, 5.41) is 6.98. The lowest BCUT2D eigenvalue weighted by atomic mass is 9.96. The summed E-state index contributed by atoms with van der Waals surface area (Å²) < 4.78 is 29.9. The quantitative estimate of drug-likeness (QED) is 0.863. The molecule has 1 fully saturated rings. The highest BCUT2D eigenvalue weighted by Crippen LogP contribution is 2.26. The second kappa shape index (κ2) is 6.37. The minimum absolute atomic E-state index is 0.0902. The normalized spacial score (nSPS) is 21.5. The first-order valence-corrected chi connectivity index (χ1v) is 9.22. The van der Waals surface area contributed by atoms with Crippen molar-refractivity contribution in [2.75, 3.05) is 0 Å². The molecule has 1 aliphatic heterocycles. The minimum atomic E-state index is -3.68. The highest BCUT2D eigenvalue weighted by atomic mass is 32.2. The molecule has 0 aliphatic carbocycles. The molecule has 128 valence electrons. The van der Waals surface area contributed by atoms with Crippen LogP contribution < -0.4 is 10.0 Å². The van der Waals surface area contributed by atoms with E-state index in [1.54, 1.807) is 55.2 Å². The number of carbonyl (C=O) groups excluding carboxylic acids is 1. The second-order valence-corrected chi connectivity index (χ2v) is 7.64. The van der Waals surface area contributed by atoms with Crippen molar-refractivity contribution in [2.45, 2.75) is 36.7 Å². The largest absolute Gasteiger partial charge is 0.346 e. The summed E-state index contributed by atoms with van der Waals surface area (Å²) in [6.45, 7) is 1.76. The number of benzene rings is 1. The van der Waals surface area contributed by atoms with Crippen LogP contribution in [-0.4, -0.2) is 30.1 Å². The highest BCUT2D eigenvalue weighted by Gasteiger charge is 2.35. The van der Waals surface area contributed by atoms with Crippen LogP contribution in [0, 0.1) is 6.92 Å². The van der Waals surface area contributed by atoms with Gasteiger partial charge in [0.25, 0.3) is 0 Å². The van der Waals surface area contributed by atoms with Crippen LogP contribution >= 0.6 is 0 Å². The number of piperidine rings is 1. The summed E-state index contributed by atoms with van der Waals surface area (Å²) in [4.78, 5) is 12.1. The number of hydrogen-bond donors (Lipinski definition) is 2. The third-order valence-electron chi connectivity index (χ3n) is 4.27.